The molecule has 23 heavy (non-hydrogen) atoms. The summed E-state index contributed by atoms with van der Waals surface area (Å²) >= 11 is 7.39. The third-order valence-electron chi connectivity index (χ3n) is 3.39. The average molecular weight is 356 g/mol. The second kappa shape index (κ2) is 7.86. The SMILES string of the molecule is Cc1nc(CCNC(=O)C(c2ccccc2F)N(C)C)sc1Cl. The van der Waals surface area contributed by atoms with Gasteiger partial charge >= 0.3 is 0 Å². The fraction of sp³-hybridized carbons (Fsp3) is 0.375. The van der Waals surface area contributed by atoms with Crippen LogP contribution in [0.4, 0.5) is 4.39 Å². The van der Waals surface area contributed by atoms with Gasteiger partial charge in [-0.1, -0.05) is 29.8 Å². The number of nitrogens with zero attached hydrogens (tertiary/aromatic N) is 2. The summed E-state index contributed by atoms with van der Waals surface area (Å²) in [6, 6.07) is 5.65. The van der Waals surface area contributed by atoms with Gasteiger partial charge in [0, 0.05) is 18.5 Å². The number of aryl methyl sites for hydroxylation is 1. The second-order valence-corrected chi connectivity index (χ2v) is 7.08. The zero-order valence-electron chi connectivity index (χ0n) is 13.3. The molecule has 1 N–H and O–H groups in total. The van der Waals surface area contributed by atoms with Crippen molar-refractivity contribution in [3.63, 3.8) is 0 Å². The molecule has 2 rings (SSSR count). The highest BCUT2D eigenvalue weighted by atomic mass is 35.5. The number of carbonyl (C=O) groups is 1. The van der Waals surface area contributed by atoms with Crippen LogP contribution in [0.3, 0.4) is 0 Å². The van der Waals surface area contributed by atoms with E-state index in [9.17, 15) is 9.18 Å². The molecule has 124 valence electrons. The van der Waals surface area contributed by atoms with Crippen molar-refractivity contribution in [2.24, 2.45) is 0 Å². The highest BCUT2D eigenvalue weighted by molar-refractivity contribution is 7.16. The lowest BCUT2D eigenvalue weighted by atomic mass is 10.0. The van der Waals surface area contributed by atoms with Crippen LogP contribution < -0.4 is 5.32 Å². The van der Waals surface area contributed by atoms with Crippen molar-refractivity contribution in [3.8, 4) is 0 Å². The molecule has 0 aliphatic rings. The van der Waals surface area contributed by atoms with E-state index in [1.165, 1.54) is 17.4 Å². The van der Waals surface area contributed by atoms with Gasteiger partial charge in [0.15, 0.2) is 0 Å². The Hall–Kier alpha value is -1.50. The van der Waals surface area contributed by atoms with Crippen LogP contribution >= 0.6 is 22.9 Å². The molecule has 0 fully saturated rings. The first-order valence-electron chi connectivity index (χ1n) is 7.20. The number of hydrogen-bond acceptors (Lipinski definition) is 4. The minimum absolute atomic E-state index is 0.237. The predicted octanol–water partition coefficient (Wildman–Crippen LogP) is 3.21. The van der Waals surface area contributed by atoms with Gasteiger partial charge in [0.05, 0.1) is 10.7 Å². The largest absolute Gasteiger partial charge is 0.354 e. The Bertz CT molecular complexity index is 670. The molecular weight excluding hydrogens is 337 g/mol. The third kappa shape index (κ3) is 4.50. The van der Waals surface area contributed by atoms with Crippen molar-refractivity contribution in [3.05, 3.63) is 50.7 Å². The van der Waals surface area contributed by atoms with Crippen LogP contribution in [0.15, 0.2) is 24.3 Å². The lowest BCUT2D eigenvalue weighted by Gasteiger charge is -2.24. The van der Waals surface area contributed by atoms with Crippen molar-refractivity contribution < 1.29 is 9.18 Å². The smallest absolute Gasteiger partial charge is 0.242 e. The Morgan fingerprint density at radius 3 is 2.70 bits per heavy atom. The van der Waals surface area contributed by atoms with Crippen LogP contribution in [-0.2, 0) is 11.2 Å². The van der Waals surface area contributed by atoms with Crippen LogP contribution in [0, 0.1) is 12.7 Å². The molecule has 7 heteroatoms. The Labute approximate surface area is 144 Å². The number of halogens is 2. The molecular formula is C16H19ClFN3OS. The van der Waals surface area contributed by atoms with E-state index in [1.54, 1.807) is 37.2 Å². The van der Waals surface area contributed by atoms with Crippen LogP contribution in [0.2, 0.25) is 4.34 Å². The molecule has 2 aromatic rings. The Morgan fingerprint density at radius 2 is 2.13 bits per heavy atom. The fourth-order valence-corrected chi connectivity index (χ4v) is 3.37. The maximum Gasteiger partial charge on any atom is 0.242 e. The average Bonchev–Trinajstić information content (AvgIpc) is 2.79. The number of rotatable bonds is 6. The number of likely N-dealkylation sites (N-methyl/N-ethyl adjacent to an activating group) is 1. The van der Waals surface area contributed by atoms with E-state index in [1.807, 2.05) is 6.92 Å². The maximum absolute atomic E-state index is 14.0. The number of nitrogens with one attached hydrogen (secondary N) is 1. The zero-order valence-corrected chi connectivity index (χ0v) is 14.8. The number of thiazole rings is 1. The summed E-state index contributed by atoms with van der Waals surface area (Å²) in [5.41, 5.74) is 1.17. The quantitative estimate of drug-likeness (QED) is 0.865. The van der Waals surface area contributed by atoms with Crippen molar-refractivity contribution in [2.75, 3.05) is 20.6 Å². The van der Waals surface area contributed by atoms with E-state index >= 15 is 0 Å². The summed E-state index contributed by atoms with van der Waals surface area (Å²) in [5, 5.41) is 3.72. The number of carbonyl (C=O) groups excluding carboxylic acids is 1. The molecule has 4 nitrogen and oxygen atoms in total. The molecule has 0 aliphatic heterocycles. The summed E-state index contributed by atoms with van der Waals surface area (Å²) in [4.78, 5) is 18.5. The molecule has 0 saturated carbocycles. The van der Waals surface area contributed by atoms with Gasteiger partial charge < -0.3 is 5.32 Å². The molecule has 1 amide bonds. The summed E-state index contributed by atoms with van der Waals surface area (Å²) < 4.78 is 14.6. The highest BCUT2D eigenvalue weighted by Gasteiger charge is 2.25. The van der Waals surface area contributed by atoms with Gasteiger partial charge in [-0.15, -0.1) is 11.3 Å². The van der Waals surface area contributed by atoms with Crippen molar-refractivity contribution >= 4 is 28.8 Å². The van der Waals surface area contributed by atoms with E-state index < -0.39 is 6.04 Å². The van der Waals surface area contributed by atoms with E-state index in [4.69, 9.17) is 11.6 Å². The van der Waals surface area contributed by atoms with E-state index in [0.29, 0.717) is 22.9 Å². The summed E-state index contributed by atoms with van der Waals surface area (Å²) in [6.07, 6.45) is 0.599. The molecule has 0 aliphatic carbocycles. The number of benzene rings is 1. The van der Waals surface area contributed by atoms with E-state index in [2.05, 4.69) is 10.3 Å². The highest BCUT2D eigenvalue weighted by Crippen LogP contribution is 2.24. The molecule has 1 unspecified atom stereocenters. The number of hydrogen-bond donors (Lipinski definition) is 1. The Kier molecular flexibility index (Phi) is 6.10. The minimum Gasteiger partial charge on any atom is -0.354 e. The van der Waals surface area contributed by atoms with Gasteiger partial charge in [-0.2, -0.15) is 0 Å². The summed E-state index contributed by atoms with van der Waals surface area (Å²) in [6.45, 7) is 2.28. The zero-order chi connectivity index (χ0) is 17.0. The number of aromatic nitrogens is 1. The second-order valence-electron chi connectivity index (χ2n) is 5.40. The number of amides is 1. The van der Waals surface area contributed by atoms with Gasteiger partial charge in [-0.3, -0.25) is 9.69 Å². The molecule has 1 aromatic carbocycles. The van der Waals surface area contributed by atoms with Gasteiger partial charge in [-0.25, -0.2) is 9.37 Å². The molecule has 0 bridgehead atoms. The normalized spacial score (nSPS) is 12.4. The van der Waals surface area contributed by atoms with Crippen molar-refractivity contribution in [1.82, 2.24) is 15.2 Å². The van der Waals surface area contributed by atoms with Gasteiger partial charge in [0.25, 0.3) is 0 Å². The van der Waals surface area contributed by atoms with E-state index in [0.717, 1.165) is 10.7 Å². The molecule has 1 aromatic heterocycles. The van der Waals surface area contributed by atoms with Gasteiger partial charge in [-0.05, 0) is 27.1 Å². The topological polar surface area (TPSA) is 45.2 Å². The fourth-order valence-electron chi connectivity index (χ4n) is 2.28. The monoisotopic (exact) mass is 355 g/mol. The first-order valence-corrected chi connectivity index (χ1v) is 8.40. The van der Waals surface area contributed by atoms with Crippen molar-refractivity contribution in [1.29, 1.82) is 0 Å². The standard InChI is InChI=1S/C16H19ClFN3OS/c1-10-15(17)23-13(20-10)8-9-19-16(22)14(21(2)3)11-6-4-5-7-12(11)18/h4-7,14H,8-9H2,1-3H3,(H,19,22). The first-order chi connectivity index (χ1) is 10.9. The Balaban J connectivity index is 2.00. The van der Waals surface area contributed by atoms with Gasteiger partial charge in [0.1, 0.15) is 16.2 Å². The molecule has 0 radical (unpaired) electrons. The molecule has 1 atom stereocenters. The van der Waals surface area contributed by atoms with Crippen LogP contribution in [0.25, 0.3) is 0 Å². The molecule has 0 spiro atoms. The maximum atomic E-state index is 14.0. The van der Waals surface area contributed by atoms with Crippen LogP contribution in [0.1, 0.15) is 22.3 Å². The molecule has 1 heterocycles. The summed E-state index contributed by atoms with van der Waals surface area (Å²) in [7, 11) is 3.50. The third-order valence-corrected chi connectivity index (χ3v) is 4.90. The van der Waals surface area contributed by atoms with Gasteiger partial charge in [0.2, 0.25) is 5.91 Å². The lowest BCUT2D eigenvalue weighted by Crippen LogP contribution is -2.38. The minimum atomic E-state index is -0.669. The lowest BCUT2D eigenvalue weighted by molar-refractivity contribution is -0.125. The van der Waals surface area contributed by atoms with Crippen LogP contribution in [0.5, 0.6) is 0 Å². The Morgan fingerprint density at radius 1 is 1.43 bits per heavy atom. The van der Waals surface area contributed by atoms with E-state index in [-0.39, 0.29) is 11.7 Å². The van der Waals surface area contributed by atoms with Crippen LogP contribution in [-0.4, -0.2) is 36.4 Å². The van der Waals surface area contributed by atoms with Crippen molar-refractivity contribution in [2.45, 2.75) is 19.4 Å². The summed E-state index contributed by atoms with van der Waals surface area (Å²) in [5.74, 6) is -0.622. The molecule has 0 saturated heterocycles. The first kappa shape index (κ1) is 17.8. The predicted molar refractivity (Wildman–Crippen MR) is 91.4 cm³/mol.